The number of ether oxygens (including phenoxy) is 1. The van der Waals surface area contributed by atoms with Crippen molar-refractivity contribution in [3.8, 4) is 0 Å². The second-order valence-corrected chi connectivity index (χ2v) is 4.69. The summed E-state index contributed by atoms with van der Waals surface area (Å²) < 4.78 is 42.3. The lowest BCUT2D eigenvalue weighted by Crippen LogP contribution is -2.41. The number of esters is 1. The van der Waals surface area contributed by atoms with Crippen LogP contribution in [0.3, 0.4) is 0 Å². The first kappa shape index (κ1) is 16.5. The standard InChI is InChI=1S/C14H18F3NO2/c1-4-18-13(2,9-12(19)20-3)10-5-7-11(8-6-10)14(15,16)17/h5-8,18H,4,9H2,1-3H3. The molecule has 1 aromatic rings. The number of carbonyl (C=O) groups is 1. The summed E-state index contributed by atoms with van der Waals surface area (Å²) in [4.78, 5) is 11.5. The van der Waals surface area contributed by atoms with E-state index in [2.05, 4.69) is 10.1 Å². The monoisotopic (exact) mass is 289 g/mol. The summed E-state index contributed by atoms with van der Waals surface area (Å²) >= 11 is 0. The van der Waals surface area contributed by atoms with E-state index in [0.29, 0.717) is 12.1 Å². The molecule has 1 atom stereocenters. The minimum absolute atomic E-state index is 0.0443. The van der Waals surface area contributed by atoms with Gasteiger partial charge >= 0.3 is 12.1 Å². The van der Waals surface area contributed by atoms with Gasteiger partial charge in [0.05, 0.1) is 24.6 Å². The first-order valence-corrected chi connectivity index (χ1v) is 6.22. The van der Waals surface area contributed by atoms with E-state index < -0.39 is 23.2 Å². The van der Waals surface area contributed by atoms with Crippen LogP contribution in [0.4, 0.5) is 13.2 Å². The van der Waals surface area contributed by atoms with E-state index in [4.69, 9.17) is 0 Å². The zero-order valence-corrected chi connectivity index (χ0v) is 11.7. The van der Waals surface area contributed by atoms with Crippen molar-refractivity contribution in [2.75, 3.05) is 13.7 Å². The zero-order chi connectivity index (χ0) is 15.4. The number of hydrogen-bond donors (Lipinski definition) is 1. The molecular formula is C14H18F3NO2. The first-order valence-electron chi connectivity index (χ1n) is 6.22. The topological polar surface area (TPSA) is 38.3 Å². The molecule has 1 rings (SSSR count). The van der Waals surface area contributed by atoms with Gasteiger partial charge in [-0.15, -0.1) is 0 Å². The van der Waals surface area contributed by atoms with Crippen LogP contribution in [-0.4, -0.2) is 19.6 Å². The molecule has 112 valence electrons. The van der Waals surface area contributed by atoms with Crippen molar-refractivity contribution in [2.45, 2.75) is 32.0 Å². The number of benzene rings is 1. The Bertz CT molecular complexity index is 456. The van der Waals surface area contributed by atoms with E-state index in [9.17, 15) is 18.0 Å². The maximum Gasteiger partial charge on any atom is 0.416 e. The van der Waals surface area contributed by atoms with Crippen molar-refractivity contribution in [3.63, 3.8) is 0 Å². The summed E-state index contributed by atoms with van der Waals surface area (Å²) in [6.07, 6.45) is -4.32. The van der Waals surface area contributed by atoms with Crippen molar-refractivity contribution < 1.29 is 22.7 Å². The maximum atomic E-state index is 12.5. The van der Waals surface area contributed by atoms with Gasteiger partial charge in [-0.1, -0.05) is 19.1 Å². The number of halogens is 3. The third-order valence-electron chi connectivity index (χ3n) is 3.14. The molecule has 1 N–H and O–H groups in total. The zero-order valence-electron chi connectivity index (χ0n) is 11.7. The molecule has 0 amide bonds. The Morgan fingerprint density at radius 3 is 2.10 bits per heavy atom. The molecule has 0 fully saturated rings. The van der Waals surface area contributed by atoms with Crippen molar-refractivity contribution in [1.82, 2.24) is 5.32 Å². The van der Waals surface area contributed by atoms with Crippen LogP contribution in [0, 0.1) is 0 Å². The molecule has 0 saturated heterocycles. The lowest BCUT2D eigenvalue weighted by Gasteiger charge is -2.30. The molecule has 0 radical (unpaired) electrons. The van der Waals surface area contributed by atoms with Crippen LogP contribution in [0.1, 0.15) is 31.4 Å². The fourth-order valence-corrected chi connectivity index (χ4v) is 2.04. The second kappa shape index (κ2) is 6.26. The van der Waals surface area contributed by atoms with Gasteiger partial charge in [-0.3, -0.25) is 4.79 Å². The predicted octanol–water partition coefficient (Wildman–Crippen LogP) is 3.09. The quantitative estimate of drug-likeness (QED) is 0.847. The number of carbonyl (C=O) groups excluding carboxylic acids is 1. The molecular weight excluding hydrogens is 271 g/mol. The van der Waals surface area contributed by atoms with Crippen molar-refractivity contribution in [2.24, 2.45) is 0 Å². The highest BCUT2D eigenvalue weighted by atomic mass is 19.4. The van der Waals surface area contributed by atoms with Crippen molar-refractivity contribution >= 4 is 5.97 Å². The van der Waals surface area contributed by atoms with E-state index in [1.165, 1.54) is 19.2 Å². The van der Waals surface area contributed by atoms with Gasteiger partial charge in [-0.25, -0.2) is 0 Å². The highest BCUT2D eigenvalue weighted by Gasteiger charge is 2.33. The summed E-state index contributed by atoms with van der Waals surface area (Å²) in [6, 6.07) is 4.80. The Balaban J connectivity index is 3.06. The van der Waals surface area contributed by atoms with Gasteiger partial charge in [0, 0.05) is 0 Å². The minimum atomic E-state index is -4.37. The van der Waals surface area contributed by atoms with Gasteiger partial charge < -0.3 is 10.1 Å². The minimum Gasteiger partial charge on any atom is -0.469 e. The molecule has 3 nitrogen and oxygen atoms in total. The Morgan fingerprint density at radius 1 is 1.20 bits per heavy atom. The Morgan fingerprint density at radius 2 is 1.70 bits per heavy atom. The van der Waals surface area contributed by atoms with E-state index >= 15 is 0 Å². The van der Waals surface area contributed by atoms with E-state index in [0.717, 1.165) is 12.1 Å². The fourth-order valence-electron chi connectivity index (χ4n) is 2.04. The number of methoxy groups -OCH3 is 1. The van der Waals surface area contributed by atoms with Gasteiger partial charge in [-0.05, 0) is 31.2 Å². The van der Waals surface area contributed by atoms with Crippen molar-refractivity contribution in [1.29, 1.82) is 0 Å². The van der Waals surface area contributed by atoms with Gasteiger partial charge in [0.25, 0.3) is 0 Å². The van der Waals surface area contributed by atoms with Crippen LogP contribution in [-0.2, 0) is 21.2 Å². The van der Waals surface area contributed by atoms with Crippen LogP contribution in [0.25, 0.3) is 0 Å². The van der Waals surface area contributed by atoms with Crippen LogP contribution < -0.4 is 5.32 Å². The lowest BCUT2D eigenvalue weighted by atomic mass is 9.88. The van der Waals surface area contributed by atoms with Crippen LogP contribution in [0.2, 0.25) is 0 Å². The molecule has 0 aromatic heterocycles. The van der Waals surface area contributed by atoms with E-state index in [-0.39, 0.29) is 6.42 Å². The third kappa shape index (κ3) is 3.96. The molecule has 1 unspecified atom stereocenters. The van der Waals surface area contributed by atoms with Crippen LogP contribution in [0.5, 0.6) is 0 Å². The van der Waals surface area contributed by atoms with Gasteiger partial charge in [0.2, 0.25) is 0 Å². The largest absolute Gasteiger partial charge is 0.469 e. The molecule has 1 aromatic carbocycles. The molecule has 0 aliphatic heterocycles. The Kier molecular flexibility index (Phi) is 5.16. The molecule has 0 aliphatic rings. The number of alkyl halides is 3. The third-order valence-corrected chi connectivity index (χ3v) is 3.14. The average molecular weight is 289 g/mol. The Labute approximate surface area is 116 Å². The highest BCUT2D eigenvalue weighted by molar-refractivity contribution is 5.71. The molecule has 6 heteroatoms. The van der Waals surface area contributed by atoms with Gasteiger partial charge in [0.1, 0.15) is 0 Å². The highest BCUT2D eigenvalue weighted by Crippen LogP contribution is 2.32. The summed E-state index contributed by atoms with van der Waals surface area (Å²) in [6.45, 7) is 4.20. The van der Waals surface area contributed by atoms with Crippen LogP contribution in [0.15, 0.2) is 24.3 Å². The van der Waals surface area contributed by atoms with Crippen molar-refractivity contribution in [3.05, 3.63) is 35.4 Å². The molecule has 20 heavy (non-hydrogen) atoms. The Hall–Kier alpha value is -1.56. The molecule has 0 saturated carbocycles. The summed E-state index contributed by atoms with van der Waals surface area (Å²) in [5.74, 6) is -0.423. The summed E-state index contributed by atoms with van der Waals surface area (Å²) in [5.41, 5.74) is -0.859. The normalized spacial score (nSPS) is 14.7. The SMILES string of the molecule is CCNC(C)(CC(=O)OC)c1ccc(C(F)(F)F)cc1. The number of rotatable bonds is 5. The molecule has 0 heterocycles. The fraction of sp³-hybridized carbons (Fsp3) is 0.500. The van der Waals surface area contributed by atoms with Crippen LogP contribution >= 0.6 is 0 Å². The van der Waals surface area contributed by atoms with Gasteiger partial charge in [-0.2, -0.15) is 13.2 Å². The predicted molar refractivity (Wildman–Crippen MR) is 69.1 cm³/mol. The number of hydrogen-bond acceptors (Lipinski definition) is 3. The summed E-state index contributed by atoms with van der Waals surface area (Å²) in [7, 11) is 1.28. The molecule has 0 bridgehead atoms. The first-order chi connectivity index (χ1) is 9.23. The summed E-state index contributed by atoms with van der Waals surface area (Å²) in [5, 5.41) is 3.12. The molecule has 0 spiro atoms. The van der Waals surface area contributed by atoms with E-state index in [1.54, 1.807) is 6.92 Å². The molecule has 0 aliphatic carbocycles. The van der Waals surface area contributed by atoms with Gasteiger partial charge in [0.15, 0.2) is 0 Å². The van der Waals surface area contributed by atoms with E-state index in [1.807, 2.05) is 6.92 Å². The number of nitrogens with one attached hydrogen (secondary N) is 1. The lowest BCUT2D eigenvalue weighted by molar-refractivity contribution is -0.142. The maximum absolute atomic E-state index is 12.5. The second-order valence-electron chi connectivity index (χ2n) is 4.69. The smallest absolute Gasteiger partial charge is 0.416 e. The average Bonchev–Trinajstić information content (AvgIpc) is 2.38.